The first kappa shape index (κ1) is 11.6. The second-order valence-electron chi connectivity index (χ2n) is 3.46. The molecular weight excluding hydrogens is 238 g/mol. The normalized spacial score (nSPS) is 10.0. The van der Waals surface area contributed by atoms with Gasteiger partial charge in [-0.15, -0.1) is 0 Å². The fraction of sp³-hybridized carbons (Fsp3) is 0. The van der Waals surface area contributed by atoms with Crippen LogP contribution in [0.15, 0.2) is 42.7 Å². The molecule has 0 fully saturated rings. The molecule has 2 aromatic rings. The molecule has 7 heteroatoms. The number of nitrogens with zero attached hydrogens (tertiary/aromatic N) is 3. The van der Waals surface area contributed by atoms with Crippen molar-refractivity contribution in [1.82, 2.24) is 4.98 Å². The molecule has 0 radical (unpaired) electrons. The highest BCUT2D eigenvalue weighted by Gasteiger charge is 2.20. The van der Waals surface area contributed by atoms with Crippen LogP contribution in [0.2, 0.25) is 0 Å². The van der Waals surface area contributed by atoms with E-state index in [1.165, 1.54) is 18.3 Å². The van der Waals surface area contributed by atoms with E-state index in [0.29, 0.717) is 11.1 Å². The molecule has 0 spiro atoms. The van der Waals surface area contributed by atoms with Gasteiger partial charge < -0.3 is 0 Å². The molecule has 1 aromatic carbocycles. The number of rotatable bonds is 3. The van der Waals surface area contributed by atoms with Crippen molar-refractivity contribution in [2.75, 3.05) is 0 Å². The third kappa shape index (κ3) is 2.14. The SMILES string of the molecule is O=[N+]([O-])c1ccc(-c2cccnc2)c([N+](=O)[O-])c1. The Morgan fingerprint density at radius 3 is 2.39 bits per heavy atom. The van der Waals surface area contributed by atoms with E-state index >= 15 is 0 Å². The molecule has 1 heterocycles. The van der Waals surface area contributed by atoms with Crippen molar-refractivity contribution in [3.05, 3.63) is 63.0 Å². The summed E-state index contributed by atoms with van der Waals surface area (Å²) in [5, 5.41) is 21.5. The number of hydrogen-bond acceptors (Lipinski definition) is 5. The van der Waals surface area contributed by atoms with Crippen molar-refractivity contribution in [2.45, 2.75) is 0 Å². The zero-order chi connectivity index (χ0) is 13.1. The van der Waals surface area contributed by atoms with Crippen LogP contribution >= 0.6 is 0 Å². The van der Waals surface area contributed by atoms with Crippen molar-refractivity contribution in [2.24, 2.45) is 0 Å². The summed E-state index contributed by atoms with van der Waals surface area (Å²) in [5.74, 6) is 0. The molecule has 0 saturated heterocycles. The van der Waals surface area contributed by atoms with Crippen molar-refractivity contribution < 1.29 is 9.85 Å². The summed E-state index contributed by atoms with van der Waals surface area (Å²) in [6.07, 6.45) is 3.01. The van der Waals surface area contributed by atoms with Gasteiger partial charge in [-0.25, -0.2) is 0 Å². The molecule has 0 bridgehead atoms. The fourth-order valence-corrected chi connectivity index (χ4v) is 1.55. The molecule has 90 valence electrons. The first-order chi connectivity index (χ1) is 8.59. The van der Waals surface area contributed by atoms with Crippen LogP contribution in [0.1, 0.15) is 0 Å². The van der Waals surface area contributed by atoms with Crippen LogP contribution in [-0.4, -0.2) is 14.8 Å². The van der Waals surface area contributed by atoms with Crippen LogP contribution in [0, 0.1) is 20.2 Å². The van der Waals surface area contributed by atoms with Crippen molar-refractivity contribution >= 4 is 11.4 Å². The lowest BCUT2D eigenvalue weighted by Crippen LogP contribution is -1.95. The first-order valence-corrected chi connectivity index (χ1v) is 4.93. The highest BCUT2D eigenvalue weighted by Crippen LogP contribution is 2.32. The standard InChI is InChI=1S/C11H7N3O4/c15-13(16)9-3-4-10(11(6-9)14(17)18)8-2-1-5-12-7-8/h1-7H. The Morgan fingerprint density at radius 1 is 1.06 bits per heavy atom. The smallest absolute Gasteiger partial charge is 0.264 e. The van der Waals surface area contributed by atoms with Gasteiger partial charge >= 0.3 is 0 Å². The Balaban J connectivity index is 2.61. The average Bonchev–Trinajstić information content (AvgIpc) is 2.39. The number of benzene rings is 1. The van der Waals surface area contributed by atoms with Crippen molar-refractivity contribution in [3.8, 4) is 11.1 Å². The Kier molecular flexibility index (Phi) is 2.96. The van der Waals surface area contributed by atoms with E-state index in [4.69, 9.17) is 0 Å². The second kappa shape index (κ2) is 4.58. The predicted octanol–water partition coefficient (Wildman–Crippen LogP) is 2.57. The van der Waals surface area contributed by atoms with Crippen LogP contribution in [0.5, 0.6) is 0 Å². The number of pyridine rings is 1. The number of hydrogen-bond donors (Lipinski definition) is 0. The molecule has 0 unspecified atom stereocenters. The molecule has 0 aliphatic heterocycles. The Labute approximate surface area is 101 Å². The van der Waals surface area contributed by atoms with Crippen LogP contribution in [0.25, 0.3) is 11.1 Å². The minimum Gasteiger partial charge on any atom is -0.264 e. The van der Waals surface area contributed by atoms with E-state index in [1.54, 1.807) is 18.3 Å². The van der Waals surface area contributed by atoms with Crippen molar-refractivity contribution in [3.63, 3.8) is 0 Å². The number of non-ortho nitro benzene ring substituents is 1. The van der Waals surface area contributed by atoms with E-state index in [-0.39, 0.29) is 11.4 Å². The van der Waals surface area contributed by atoms with Gasteiger partial charge in [0.05, 0.1) is 21.5 Å². The Bertz CT molecular complexity index is 613. The second-order valence-corrected chi connectivity index (χ2v) is 3.46. The van der Waals surface area contributed by atoms with Crippen molar-refractivity contribution in [1.29, 1.82) is 0 Å². The van der Waals surface area contributed by atoms with E-state index < -0.39 is 9.85 Å². The summed E-state index contributed by atoms with van der Waals surface area (Å²) in [5.41, 5.74) is 0.226. The Morgan fingerprint density at radius 2 is 1.83 bits per heavy atom. The minimum absolute atomic E-state index is 0.304. The van der Waals surface area contributed by atoms with Gasteiger partial charge in [-0.1, -0.05) is 6.07 Å². The molecule has 0 aliphatic rings. The summed E-state index contributed by atoms with van der Waals surface area (Å²) >= 11 is 0. The third-order valence-corrected chi connectivity index (χ3v) is 2.36. The highest BCUT2D eigenvalue weighted by molar-refractivity contribution is 5.74. The number of nitro benzene ring substituents is 2. The molecule has 18 heavy (non-hydrogen) atoms. The third-order valence-electron chi connectivity index (χ3n) is 2.36. The largest absolute Gasteiger partial charge is 0.284 e. The molecule has 0 amide bonds. The van der Waals surface area contributed by atoms with E-state index in [1.807, 2.05) is 0 Å². The molecule has 0 atom stereocenters. The van der Waals surface area contributed by atoms with Crippen LogP contribution in [0.4, 0.5) is 11.4 Å². The monoisotopic (exact) mass is 245 g/mol. The maximum Gasteiger partial charge on any atom is 0.284 e. The van der Waals surface area contributed by atoms with Gasteiger partial charge in [0, 0.05) is 24.0 Å². The molecular formula is C11H7N3O4. The van der Waals surface area contributed by atoms with Gasteiger partial charge in [0.2, 0.25) is 0 Å². The quantitative estimate of drug-likeness (QED) is 0.611. The van der Waals surface area contributed by atoms with Crippen LogP contribution in [0.3, 0.4) is 0 Å². The lowest BCUT2D eigenvalue weighted by molar-refractivity contribution is -0.393. The van der Waals surface area contributed by atoms with Gasteiger partial charge in [0.15, 0.2) is 0 Å². The van der Waals surface area contributed by atoms with Crippen LogP contribution < -0.4 is 0 Å². The average molecular weight is 245 g/mol. The minimum atomic E-state index is -0.667. The maximum atomic E-state index is 10.9. The molecule has 0 N–H and O–H groups in total. The lowest BCUT2D eigenvalue weighted by Gasteiger charge is -2.02. The molecule has 0 aliphatic carbocycles. The Hall–Kier alpha value is -2.83. The van der Waals surface area contributed by atoms with Gasteiger partial charge in [-0.2, -0.15) is 0 Å². The molecule has 1 aromatic heterocycles. The van der Waals surface area contributed by atoms with Gasteiger partial charge in [-0.05, 0) is 12.1 Å². The van der Waals surface area contributed by atoms with E-state index in [2.05, 4.69) is 4.98 Å². The summed E-state index contributed by atoms with van der Waals surface area (Å²) < 4.78 is 0. The van der Waals surface area contributed by atoms with E-state index in [0.717, 1.165) is 6.07 Å². The van der Waals surface area contributed by atoms with Gasteiger partial charge in [-0.3, -0.25) is 25.2 Å². The summed E-state index contributed by atoms with van der Waals surface area (Å²) in [6.45, 7) is 0. The molecule has 7 nitrogen and oxygen atoms in total. The lowest BCUT2D eigenvalue weighted by atomic mass is 10.1. The zero-order valence-corrected chi connectivity index (χ0v) is 9.02. The summed E-state index contributed by atoms with van der Waals surface area (Å²) in [4.78, 5) is 24.1. The topological polar surface area (TPSA) is 99.2 Å². The number of nitro groups is 2. The highest BCUT2D eigenvalue weighted by atomic mass is 16.6. The summed E-state index contributed by atoms with van der Waals surface area (Å²) in [7, 11) is 0. The van der Waals surface area contributed by atoms with Gasteiger partial charge in [0.25, 0.3) is 11.4 Å². The number of aromatic nitrogens is 1. The summed E-state index contributed by atoms with van der Waals surface area (Å²) in [6, 6.07) is 6.83. The fourth-order valence-electron chi connectivity index (χ4n) is 1.55. The zero-order valence-electron chi connectivity index (χ0n) is 9.02. The van der Waals surface area contributed by atoms with Gasteiger partial charge in [0.1, 0.15) is 0 Å². The van der Waals surface area contributed by atoms with Crippen LogP contribution in [-0.2, 0) is 0 Å². The molecule has 0 saturated carbocycles. The predicted molar refractivity (Wildman–Crippen MR) is 63.0 cm³/mol. The van der Waals surface area contributed by atoms with E-state index in [9.17, 15) is 20.2 Å². The first-order valence-electron chi connectivity index (χ1n) is 4.93. The molecule has 2 rings (SSSR count). The maximum absolute atomic E-state index is 10.9.